The molecule has 2 saturated carbocycles. The van der Waals surface area contributed by atoms with Crippen LogP contribution in [0.5, 0.6) is 0 Å². The Bertz CT molecular complexity index is 449. The van der Waals surface area contributed by atoms with E-state index in [2.05, 4.69) is 5.32 Å². The van der Waals surface area contributed by atoms with Gasteiger partial charge in [-0.1, -0.05) is 12.5 Å². The summed E-state index contributed by atoms with van der Waals surface area (Å²) in [5.74, 6) is -0.190. The van der Waals surface area contributed by atoms with Crippen molar-refractivity contribution >= 4 is 12.1 Å². The Morgan fingerprint density at radius 1 is 1.24 bits per heavy atom. The van der Waals surface area contributed by atoms with Crippen molar-refractivity contribution in [2.45, 2.75) is 58.5 Å². The minimum Gasteiger partial charge on any atom is -0.464 e. The summed E-state index contributed by atoms with van der Waals surface area (Å²) >= 11 is 0. The van der Waals surface area contributed by atoms with Gasteiger partial charge in [0.25, 0.3) is 0 Å². The molecule has 21 heavy (non-hydrogen) atoms. The second-order valence-electron chi connectivity index (χ2n) is 7.22. The van der Waals surface area contributed by atoms with E-state index in [9.17, 15) is 9.59 Å². The smallest absolute Gasteiger partial charge is 0.412 e. The van der Waals surface area contributed by atoms with Gasteiger partial charge in [0.1, 0.15) is 11.3 Å². The van der Waals surface area contributed by atoms with Gasteiger partial charge in [0.15, 0.2) is 0 Å². The number of nitrogens with one attached hydrogen (secondary N) is 1. The molecule has 2 fully saturated rings. The first-order chi connectivity index (χ1) is 9.73. The lowest BCUT2D eigenvalue weighted by molar-refractivity contribution is -0.136. The van der Waals surface area contributed by atoms with E-state index in [-0.39, 0.29) is 5.70 Å². The third-order valence-electron chi connectivity index (χ3n) is 4.25. The zero-order valence-corrected chi connectivity index (χ0v) is 13.3. The highest BCUT2D eigenvalue weighted by atomic mass is 16.6. The summed E-state index contributed by atoms with van der Waals surface area (Å²) < 4.78 is 9.90. The molecule has 5 nitrogen and oxygen atoms in total. The highest BCUT2D eigenvalue weighted by Crippen LogP contribution is 2.59. The van der Waals surface area contributed by atoms with Crippen LogP contribution in [0.2, 0.25) is 0 Å². The lowest BCUT2D eigenvalue weighted by atomic mass is 9.52. The fourth-order valence-electron chi connectivity index (χ4n) is 3.18. The zero-order chi connectivity index (χ0) is 15.7. The molecule has 1 N–H and O–H groups in total. The molecule has 118 valence electrons. The van der Waals surface area contributed by atoms with Crippen LogP contribution in [0.3, 0.4) is 0 Å². The fourth-order valence-corrected chi connectivity index (χ4v) is 3.18. The van der Waals surface area contributed by atoms with Crippen LogP contribution in [0.4, 0.5) is 4.79 Å². The van der Waals surface area contributed by atoms with E-state index in [0.717, 1.165) is 12.8 Å². The first-order valence-electron chi connectivity index (χ1n) is 7.53. The first kappa shape index (κ1) is 15.9. The Kier molecular flexibility index (Phi) is 4.30. The van der Waals surface area contributed by atoms with Gasteiger partial charge in [-0.05, 0) is 57.8 Å². The molecule has 2 aliphatic rings. The molecule has 0 atom stereocenters. The molecule has 0 saturated heterocycles. The summed E-state index contributed by atoms with van der Waals surface area (Å²) in [6.07, 6.45) is 7.30. The van der Waals surface area contributed by atoms with Gasteiger partial charge in [0, 0.05) is 0 Å². The summed E-state index contributed by atoms with van der Waals surface area (Å²) in [5, 5.41) is 2.51. The minimum atomic E-state index is -0.628. The summed E-state index contributed by atoms with van der Waals surface area (Å²) in [4.78, 5) is 23.6. The number of amides is 1. The first-order valence-corrected chi connectivity index (χ1v) is 7.53. The molecular weight excluding hydrogens is 270 g/mol. The molecule has 2 rings (SSSR count). The maximum Gasteiger partial charge on any atom is 0.412 e. The molecular formula is C16H25NO4. The monoisotopic (exact) mass is 295 g/mol. The number of carbonyl (C=O) groups excluding carboxylic acids is 2. The lowest BCUT2D eigenvalue weighted by Crippen LogP contribution is -2.42. The second-order valence-corrected chi connectivity index (χ2v) is 7.22. The van der Waals surface area contributed by atoms with Crippen LogP contribution in [0.1, 0.15) is 52.9 Å². The Hall–Kier alpha value is -1.52. The Morgan fingerprint density at radius 3 is 2.29 bits per heavy atom. The van der Waals surface area contributed by atoms with Gasteiger partial charge < -0.3 is 9.47 Å². The van der Waals surface area contributed by atoms with Crippen molar-refractivity contribution in [3.05, 3.63) is 11.8 Å². The van der Waals surface area contributed by atoms with Crippen LogP contribution < -0.4 is 5.32 Å². The standard InChI is InChI=1S/C16H25NO4/c1-15(2,3)21-14(19)17-12(13(18)20-4)8-11-9-16(10-11)6-5-7-16/h8,11H,5-7,9-10H2,1-4H3,(H,17,19)/b12-8+. The lowest BCUT2D eigenvalue weighted by Gasteiger charge is -2.53. The Balaban J connectivity index is 1.95. The predicted molar refractivity (Wildman–Crippen MR) is 78.5 cm³/mol. The van der Waals surface area contributed by atoms with Crippen molar-refractivity contribution < 1.29 is 19.1 Å². The summed E-state index contributed by atoms with van der Waals surface area (Å²) in [6, 6.07) is 0. The maximum absolute atomic E-state index is 11.8. The van der Waals surface area contributed by atoms with Crippen molar-refractivity contribution in [3.63, 3.8) is 0 Å². The maximum atomic E-state index is 11.8. The molecule has 1 spiro atoms. The van der Waals surface area contributed by atoms with Gasteiger partial charge in [-0.25, -0.2) is 9.59 Å². The fraction of sp³-hybridized carbons (Fsp3) is 0.750. The summed E-state index contributed by atoms with van der Waals surface area (Å²) in [5.41, 5.74) is 0.109. The number of alkyl carbamates (subject to hydrolysis) is 1. The van der Waals surface area contributed by atoms with Gasteiger partial charge in [-0.2, -0.15) is 0 Å². The normalized spacial score (nSPS) is 21.2. The highest BCUT2D eigenvalue weighted by molar-refractivity contribution is 5.92. The molecule has 0 aromatic rings. The van der Waals surface area contributed by atoms with Crippen LogP contribution in [-0.4, -0.2) is 24.8 Å². The number of esters is 1. The molecule has 1 amide bonds. The van der Waals surface area contributed by atoms with Crippen molar-refractivity contribution in [2.24, 2.45) is 11.3 Å². The van der Waals surface area contributed by atoms with Gasteiger partial charge in [-0.15, -0.1) is 0 Å². The average Bonchev–Trinajstić information content (AvgIpc) is 2.25. The number of carbonyl (C=O) groups is 2. The Morgan fingerprint density at radius 2 is 1.86 bits per heavy atom. The molecule has 0 bridgehead atoms. The van der Waals surface area contributed by atoms with Crippen molar-refractivity contribution in [3.8, 4) is 0 Å². The molecule has 0 aromatic carbocycles. The number of allylic oxidation sites excluding steroid dienone is 1. The zero-order valence-electron chi connectivity index (χ0n) is 13.3. The van der Waals surface area contributed by atoms with Crippen molar-refractivity contribution in [1.82, 2.24) is 5.32 Å². The number of hydrogen-bond acceptors (Lipinski definition) is 4. The van der Waals surface area contributed by atoms with Crippen LogP contribution in [0.25, 0.3) is 0 Å². The summed E-state index contributed by atoms with van der Waals surface area (Å²) in [7, 11) is 1.31. The van der Waals surface area contributed by atoms with Crippen molar-refractivity contribution in [2.75, 3.05) is 7.11 Å². The molecule has 0 aromatic heterocycles. The Labute approximate surface area is 126 Å². The molecule has 0 aliphatic heterocycles. The molecule has 2 aliphatic carbocycles. The molecule has 0 unspecified atom stereocenters. The van der Waals surface area contributed by atoms with Gasteiger partial charge >= 0.3 is 12.1 Å². The second kappa shape index (κ2) is 5.70. The highest BCUT2D eigenvalue weighted by Gasteiger charge is 2.47. The van der Waals surface area contributed by atoms with Crippen LogP contribution in [-0.2, 0) is 14.3 Å². The number of rotatable bonds is 3. The van der Waals surface area contributed by atoms with E-state index >= 15 is 0 Å². The van der Waals surface area contributed by atoms with E-state index in [1.54, 1.807) is 20.8 Å². The predicted octanol–water partition coefficient (Wildman–Crippen LogP) is 3.15. The van der Waals surface area contributed by atoms with Crippen LogP contribution in [0, 0.1) is 11.3 Å². The SMILES string of the molecule is COC(=O)/C(=C\C1CC2(CCC2)C1)NC(=O)OC(C)(C)C. The largest absolute Gasteiger partial charge is 0.464 e. The van der Waals surface area contributed by atoms with E-state index in [0.29, 0.717) is 11.3 Å². The molecule has 0 heterocycles. The minimum absolute atomic E-state index is 0.186. The van der Waals surface area contributed by atoms with E-state index in [4.69, 9.17) is 9.47 Å². The number of ether oxygens (including phenoxy) is 2. The average molecular weight is 295 g/mol. The third-order valence-corrected chi connectivity index (χ3v) is 4.25. The third kappa shape index (κ3) is 3.99. The van der Waals surface area contributed by atoms with E-state index in [1.165, 1.54) is 26.4 Å². The van der Waals surface area contributed by atoms with Crippen LogP contribution >= 0.6 is 0 Å². The van der Waals surface area contributed by atoms with E-state index in [1.807, 2.05) is 6.08 Å². The van der Waals surface area contributed by atoms with Gasteiger partial charge in [0.2, 0.25) is 0 Å². The molecule has 5 heteroatoms. The quantitative estimate of drug-likeness (QED) is 0.641. The van der Waals surface area contributed by atoms with E-state index < -0.39 is 17.7 Å². The van der Waals surface area contributed by atoms with Crippen LogP contribution in [0.15, 0.2) is 11.8 Å². The van der Waals surface area contributed by atoms with Gasteiger partial charge in [-0.3, -0.25) is 5.32 Å². The molecule has 0 radical (unpaired) electrons. The van der Waals surface area contributed by atoms with Crippen molar-refractivity contribution in [1.29, 1.82) is 0 Å². The number of methoxy groups -OCH3 is 1. The number of hydrogen-bond donors (Lipinski definition) is 1. The van der Waals surface area contributed by atoms with Gasteiger partial charge in [0.05, 0.1) is 7.11 Å². The summed E-state index contributed by atoms with van der Waals surface area (Å²) in [6.45, 7) is 5.33. The topological polar surface area (TPSA) is 64.6 Å².